The second kappa shape index (κ2) is 9.40. The van der Waals surface area contributed by atoms with Crippen molar-refractivity contribution in [3.63, 3.8) is 0 Å². The third kappa shape index (κ3) is 6.67. The van der Waals surface area contributed by atoms with Crippen molar-refractivity contribution in [1.29, 1.82) is 0 Å². The lowest BCUT2D eigenvalue weighted by molar-refractivity contribution is -0.384. The summed E-state index contributed by atoms with van der Waals surface area (Å²) in [6.45, 7) is 6.45. The van der Waals surface area contributed by atoms with Gasteiger partial charge in [-0.3, -0.25) is 14.9 Å². The highest BCUT2D eigenvalue weighted by Gasteiger charge is 2.15. The highest BCUT2D eigenvalue weighted by Crippen LogP contribution is 2.31. The van der Waals surface area contributed by atoms with Crippen LogP contribution in [-0.2, 0) is 23.4 Å². The summed E-state index contributed by atoms with van der Waals surface area (Å²) >= 11 is 2.92. The lowest BCUT2D eigenvalue weighted by Crippen LogP contribution is -2.14. The van der Waals surface area contributed by atoms with E-state index in [9.17, 15) is 14.9 Å². The molecule has 0 unspecified atom stereocenters. The number of benzene rings is 1. The lowest BCUT2D eigenvalue weighted by Gasteiger charge is -2.15. The monoisotopic (exact) mass is 446 g/mol. The fourth-order valence-corrected chi connectivity index (χ4v) is 4.36. The molecule has 1 aromatic carbocycles. The number of rotatable bonds is 8. The van der Waals surface area contributed by atoms with Gasteiger partial charge in [0.05, 0.1) is 33.7 Å². The number of hydrogen-bond donors (Lipinski definition) is 1. The maximum atomic E-state index is 12.2. The van der Waals surface area contributed by atoms with Gasteiger partial charge >= 0.3 is 0 Å². The number of oxazole rings is 1. The Balaban J connectivity index is 1.48. The number of thioether (sulfide) groups is 1. The van der Waals surface area contributed by atoms with Crippen LogP contribution >= 0.6 is 23.1 Å². The number of nitro groups is 1. The van der Waals surface area contributed by atoms with E-state index in [-0.39, 0.29) is 23.4 Å². The van der Waals surface area contributed by atoms with E-state index in [1.54, 1.807) is 36.3 Å². The molecule has 0 saturated heterocycles. The zero-order valence-corrected chi connectivity index (χ0v) is 18.5. The summed E-state index contributed by atoms with van der Waals surface area (Å²) in [6.07, 6.45) is 4.43. The van der Waals surface area contributed by atoms with Gasteiger partial charge in [0.25, 0.3) is 5.69 Å². The molecule has 30 heavy (non-hydrogen) atoms. The van der Waals surface area contributed by atoms with Crippen LogP contribution in [0.1, 0.15) is 38.0 Å². The second-order valence-corrected chi connectivity index (χ2v) is 10.2. The number of anilines is 1. The normalized spacial score (nSPS) is 11.4. The standard InChI is InChI=1S/C20H22N4O4S2/c1-20(2,3)9-15-10-21-17(28-15)12-29-18-11-22-19(30-18)23-16(25)8-13-4-6-14(7-5-13)24(26)27/h4-7,10-11H,8-9,12H2,1-3H3,(H,22,23,25). The quantitative estimate of drug-likeness (QED) is 0.291. The van der Waals surface area contributed by atoms with Crippen molar-refractivity contribution in [3.8, 4) is 0 Å². The van der Waals surface area contributed by atoms with Gasteiger partial charge in [0.1, 0.15) is 5.76 Å². The van der Waals surface area contributed by atoms with E-state index >= 15 is 0 Å². The van der Waals surface area contributed by atoms with Crippen molar-refractivity contribution in [3.05, 3.63) is 64.0 Å². The molecule has 10 heteroatoms. The largest absolute Gasteiger partial charge is 0.445 e. The van der Waals surface area contributed by atoms with Crippen LogP contribution in [-0.4, -0.2) is 20.8 Å². The molecule has 0 aliphatic heterocycles. The third-order valence-electron chi connectivity index (χ3n) is 3.89. The molecule has 1 amide bonds. The number of amides is 1. The van der Waals surface area contributed by atoms with Gasteiger partial charge in [-0.2, -0.15) is 0 Å². The molecule has 0 bridgehead atoms. The van der Waals surface area contributed by atoms with Gasteiger partial charge in [-0.15, -0.1) is 11.8 Å². The molecule has 0 fully saturated rings. The van der Waals surface area contributed by atoms with Gasteiger partial charge in [0, 0.05) is 18.6 Å². The third-order valence-corrected chi connectivity index (χ3v) is 5.98. The molecule has 0 aliphatic rings. The number of carbonyl (C=O) groups is 1. The molecule has 3 rings (SSSR count). The van der Waals surface area contributed by atoms with Gasteiger partial charge < -0.3 is 9.73 Å². The van der Waals surface area contributed by atoms with Crippen LogP contribution in [0, 0.1) is 15.5 Å². The van der Waals surface area contributed by atoms with Gasteiger partial charge in [-0.1, -0.05) is 44.2 Å². The summed E-state index contributed by atoms with van der Waals surface area (Å²) in [4.78, 5) is 31.0. The van der Waals surface area contributed by atoms with Crippen molar-refractivity contribution in [2.24, 2.45) is 5.41 Å². The van der Waals surface area contributed by atoms with Crippen molar-refractivity contribution >= 4 is 39.8 Å². The second-order valence-electron chi connectivity index (χ2n) is 7.88. The summed E-state index contributed by atoms with van der Waals surface area (Å²) in [6, 6.07) is 5.92. The zero-order chi connectivity index (χ0) is 21.7. The predicted octanol–water partition coefficient (Wildman–Crippen LogP) is 5.10. The maximum absolute atomic E-state index is 12.2. The predicted molar refractivity (Wildman–Crippen MR) is 117 cm³/mol. The summed E-state index contributed by atoms with van der Waals surface area (Å²) in [5, 5.41) is 13.9. The molecule has 8 nitrogen and oxygen atoms in total. The number of non-ortho nitro benzene ring substituents is 1. The highest BCUT2D eigenvalue weighted by atomic mass is 32.2. The lowest BCUT2D eigenvalue weighted by atomic mass is 9.91. The topological polar surface area (TPSA) is 111 Å². The number of aromatic nitrogens is 2. The van der Waals surface area contributed by atoms with Crippen LogP contribution in [0.25, 0.3) is 0 Å². The Morgan fingerprint density at radius 2 is 1.97 bits per heavy atom. The molecule has 2 heterocycles. The highest BCUT2D eigenvalue weighted by molar-refractivity contribution is 8.00. The molecule has 2 aromatic heterocycles. The molecule has 0 atom stereocenters. The van der Waals surface area contributed by atoms with Crippen LogP contribution in [0.15, 0.2) is 45.3 Å². The SMILES string of the molecule is CC(C)(C)Cc1cnc(CSc2cnc(NC(=O)Cc3ccc([N+](=O)[O-])cc3)s2)o1. The van der Waals surface area contributed by atoms with Crippen LogP contribution in [0.4, 0.5) is 10.8 Å². The Morgan fingerprint density at radius 1 is 1.23 bits per heavy atom. The molecular formula is C20H22N4O4S2. The van der Waals surface area contributed by atoms with E-state index in [1.807, 2.05) is 0 Å². The average molecular weight is 447 g/mol. The van der Waals surface area contributed by atoms with Gasteiger partial charge in [-0.25, -0.2) is 9.97 Å². The Morgan fingerprint density at radius 3 is 2.63 bits per heavy atom. The first-order chi connectivity index (χ1) is 14.2. The van der Waals surface area contributed by atoms with Crippen LogP contribution in [0.2, 0.25) is 0 Å². The summed E-state index contributed by atoms with van der Waals surface area (Å²) < 4.78 is 6.72. The number of hydrogen-bond acceptors (Lipinski definition) is 8. The first-order valence-corrected chi connectivity index (χ1v) is 11.0. The van der Waals surface area contributed by atoms with Gasteiger partial charge in [0.15, 0.2) is 5.13 Å². The first kappa shape index (κ1) is 22.0. The van der Waals surface area contributed by atoms with E-state index in [0.717, 1.165) is 16.4 Å². The maximum Gasteiger partial charge on any atom is 0.269 e. The molecule has 0 aliphatic carbocycles. The molecule has 0 spiro atoms. The number of nitrogens with zero attached hydrogens (tertiary/aromatic N) is 3. The van der Waals surface area contributed by atoms with E-state index in [2.05, 4.69) is 36.1 Å². The molecule has 3 aromatic rings. The average Bonchev–Trinajstić information content (AvgIpc) is 3.28. The Labute approximate surface area is 182 Å². The summed E-state index contributed by atoms with van der Waals surface area (Å²) in [5.41, 5.74) is 0.833. The molecule has 0 saturated carbocycles. The van der Waals surface area contributed by atoms with E-state index < -0.39 is 4.92 Å². The Bertz CT molecular complexity index is 1020. The number of thiazole rings is 1. The van der Waals surface area contributed by atoms with Crippen molar-refractivity contribution in [1.82, 2.24) is 9.97 Å². The van der Waals surface area contributed by atoms with Crippen molar-refractivity contribution < 1.29 is 14.1 Å². The van der Waals surface area contributed by atoms with E-state index in [4.69, 9.17) is 4.42 Å². The van der Waals surface area contributed by atoms with E-state index in [1.165, 1.54) is 23.5 Å². The molecule has 158 valence electrons. The van der Waals surface area contributed by atoms with E-state index in [0.29, 0.717) is 22.3 Å². The van der Waals surface area contributed by atoms with Crippen LogP contribution in [0.5, 0.6) is 0 Å². The molecular weight excluding hydrogens is 424 g/mol. The van der Waals surface area contributed by atoms with Crippen molar-refractivity contribution in [2.75, 3.05) is 5.32 Å². The minimum Gasteiger partial charge on any atom is -0.445 e. The van der Waals surface area contributed by atoms with Crippen molar-refractivity contribution in [2.45, 2.75) is 43.6 Å². The smallest absolute Gasteiger partial charge is 0.269 e. The Hall–Kier alpha value is -2.72. The molecule has 0 radical (unpaired) electrons. The van der Waals surface area contributed by atoms with Crippen LogP contribution < -0.4 is 5.32 Å². The molecule has 1 N–H and O–H groups in total. The summed E-state index contributed by atoms with van der Waals surface area (Å²) in [5.74, 6) is 1.90. The fourth-order valence-electron chi connectivity index (χ4n) is 2.62. The van der Waals surface area contributed by atoms with Gasteiger partial charge in [-0.05, 0) is 11.0 Å². The minimum atomic E-state index is -0.470. The number of nitro benzene ring substituents is 1. The summed E-state index contributed by atoms with van der Waals surface area (Å²) in [7, 11) is 0. The first-order valence-electron chi connectivity index (χ1n) is 9.23. The fraction of sp³-hybridized carbons (Fsp3) is 0.350. The van der Waals surface area contributed by atoms with Crippen LogP contribution in [0.3, 0.4) is 0 Å². The Kier molecular flexibility index (Phi) is 6.88. The number of carbonyl (C=O) groups excluding carboxylic acids is 1. The minimum absolute atomic E-state index is 0.00248. The zero-order valence-electron chi connectivity index (χ0n) is 16.9. The van der Waals surface area contributed by atoms with Gasteiger partial charge in [0.2, 0.25) is 11.8 Å². The number of nitrogens with one attached hydrogen (secondary N) is 1.